The van der Waals surface area contributed by atoms with Crippen molar-refractivity contribution in [2.45, 2.75) is 23.3 Å². The Bertz CT molecular complexity index is 895. The zero-order valence-electron chi connectivity index (χ0n) is 14.0. The number of rotatable bonds is 5. The number of anilines is 1. The maximum Gasteiger partial charge on any atom is 0.143 e. The molecule has 3 aromatic carbocycles. The van der Waals surface area contributed by atoms with E-state index in [9.17, 15) is 0 Å². The summed E-state index contributed by atoms with van der Waals surface area (Å²) < 4.78 is 11.7. The van der Waals surface area contributed by atoms with Crippen LogP contribution in [-0.4, -0.2) is 6.61 Å². The van der Waals surface area contributed by atoms with E-state index in [1.807, 2.05) is 43.3 Å². The summed E-state index contributed by atoms with van der Waals surface area (Å²) in [5.74, 6) is 2.74. The van der Waals surface area contributed by atoms with Crippen molar-refractivity contribution >= 4 is 17.4 Å². The Morgan fingerprint density at radius 2 is 1.72 bits per heavy atom. The first-order chi connectivity index (χ1) is 12.3. The van der Waals surface area contributed by atoms with Crippen LogP contribution in [-0.2, 0) is 6.54 Å². The Morgan fingerprint density at radius 1 is 0.920 bits per heavy atom. The number of ether oxygens (including phenoxy) is 2. The molecule has 0 saturated heterocycles. The maximum atomic E-state index is 6.05. The third-order valence-corrected chi connectivity index (χ3v) is 5.10. The van der Waals surface area contributed by atoms with Gasteiger partial charge in [0.2, 0.25) is 0 Å². The van der Waals surface area contributed by atoms with Crippen LogP contribution in [0, 0.1) is 0 Å². The molecular weight excluding hydrogens is 330 g/mol. The van der Waals surface area contributed by atoms with Crippen LogP contribution in [0.25, 0.3) is 0 Å². The maximum absolute atomic E-state index is 6.05. The molecule has 0 fully saturated rings. The Morgan fingerprint density at radius 3 is 2.64 bits per heavy atom. The predicted molar refractivity (Wildman–Crippen MR) is 102 cm³/mol. The van der Waals surface area contributed by atoms with Gasteiger partial charge in [-0.3, -0.25) is 0 Å². The van der Waals surface area contributed by atoms with E-state index < -0.39 is 0 Å². The van der Waals surface area contributed by atoms with E-state index in [0.29, 0.717) is 13.2 Å². The molecule has 0 spiro atoms. The van der Waals surface area contributed by atoms with Gasteiger partial charge in [0.15, 0.2) is 0 Å². The number of para-hydroxylation sites is 2. The van der Waals surface area contributed by atoms with Gasteiger partial charge in [0.05, 0.1) is 16.4 Å². The lowest BCUT2D eigenvalue weighted by Crippen LogP contribution is -2.03. The topological polar surface area (TPSA) is 30.5 Å². The first-order valence-electron chi connectivity index (χ1n) is 8.37. The molecule has 0 bridgehead atoms. The van der Waals surface area contributed by atoms with Crippen LogP contribution in [0.15, 0.2) is 76.5 Å². The van der Waals surface area contributed by atoms with Crippen molar-refractivity contribution in [1.82, 2.24) is 0 Å². The predicted octanol–water partition coefficient (Wildman–Crippen LogP) is 5.95. The van der Waals surface area contributed by atoms with Crippen molar-refractivity contribution in [2.24, 2.45) is 0 Å². The summed E-state index contributed by atoms with van der Waals surface area (Å²) in [6.07, 6.45) is 0. The Kier molecular flexibility index (Phi) is 4.53. The Balaban J connectivity index is 1.50. The summed E-state index contributed by atoms with van der Waals surface area (Å²) >= 11 is 1.74. The Labute approximate surface area is 152 Å². The summed E-state index contributed by atoms with van der Waals surface area (Å²) in [5.41, 5.74) is 2.17. The number of hydrogen-bond acceptors (Lipinski definition) is 4. The highest BCUT2D eigenvalue weighted by atomic mass is 32.2. The van der Waals surface area contributed by atoms with E-state index in [1.165, 1.54) is 0 Å². The van der Waals surface area contributed by atoms with Gasteiger partial charge in [0.25, 0.3) is 0 Å². The van der Waals surface area contributed by atoms with E-state index >= 15 is 0 Å². The van der Waals surface area contributed by atoms with Crippen LogP contribution in [0.5, 0.6) is 17.2 Å². The smallest absolute Gasteiger partial charge is 0.143 e. The van der Waals surface area contributed by atoms with E-state index in [4.69, 9.17) is 9.47 Å². The molecule has 1 aliphatic rings. The largest absolute Gasteiger partial charge is 0.494 e. The third-order valence-electron chi connectivity index (χ3n) is 3.99. The van der Waals surface area contributed by atoms with Crippen LogP contribution >= 0.6 is 11.8 Å². The van der Waals surface area contributed by atoms with Crippen molar-refractivity contribution in [3.63, 3.8) is 0 Å². The van der Waals surface area contributed by atoms with E-state index in [-0.39, 0.29) is 0 Å². The molecule has 1 N–H and O–H groups in total. The summed E-state index contributed by atoms with van der Waals surface area (Å²) in [7, 11) is 0. The van der Waals surface area contributed by atoms with Crippen LogP contribution in [0.1, 0.15) is 12.5 Å². The molecular formula is C21H19NO2S. The van der Waals surface area contributed by atoms with Gasteiger partial charge in [-0.1, -0.05) is 42.1 Å². The van der Waals surface area contributed by atoms with Crippen molar-refractivity contribution in [3.8, 4) is 17.2 Å². The van der Waals surface area contributed by atoms with Crippen LogP contribution < -0.4 is 14.8 Å². The first-order valence-corrected chi connectivity index (χ1v) is 9.18. The molecule has 0 aromatic heterocycles. The van der Waals surface area contributed by atoms with Gasteiger partial charge in [-0.05, 0) is 37.3 Å². The van der Waals surface area contributed by atoms with Gasteiger partial charge in [-0.15, -0.1) is 0 Å². The van der Waals surface area contributed by atoms with Crippen molar-refractivity contribution in [2.75, 3.05) is 11.9 Å². The molecule has 0 aliphatic carbocycles. The van der Waals surface area contributed by atoms with Crippen LogP contribution in [0.4, 0.5) is 5.69 Å². The fraction of sp³-hybridized carbons (Fsp3) is 0.143. The zero-order valence-corrected chi connectivity index (χ0v) is 14.8. The first kappa shape index (κ1) is 15.9. The van der Waals surface area contributed by atoms with Gasteiger partial charge in [0, 0.05) is 23.9 Å². The van der Waals surface area contributed by atoms with Gasteiger partial charge in [0.1, 0.15) is 17.2 Å². The molecule has 1 heterocycles. The van der Waals surface area contributed by atoms with Gasteiger partial charge in [-0.25, -0.2) is 0 Å². The SMILES string of the molecule is CCOc1ccccc1CNc1ccc2c(c1)Oc1ccccc1S2. The third kappa shape index (κ3) is 3.44. The molecule has 0 unspecified atom stereocenters. The highest BCUT2D eigenvalue weighted by molar-refractivity contribution is 7.99. The average Bonchev–Trinajstić information content (AvgIpc) is 2.66. The minimum absolute atomic E-state index is 0.667. The molecule has 4 heteroatoms. The van der Waals surface area contributed by atoms with E-state index in [2.05, 4.69) is 35.6 Å². The zero-order chi connectivity index (χ0) is 17.1. The van der Waals surface area contributed by atoms with Gasteiger partial charge >= 0.3 is 0 Å². The summed E-state index contributed by atoms with van der Waals surface area (Å²) in [5, 5.41) is 3.46. The molecule has 0 radical (unpaired) electrons. The lowest BCUT2D eigenvalue weighted by Gasteiger charge is -2.20. The highest BCUT2D eigenvalue weighted by Crippen LogP contribution is 2.47. The lowest BCUT2D eigenvalue weighted by molar-refractivity contribution is 0.337. The summed E-state index contributed by atoms with van der Waals surface area (Å²) in [4.78, 5) is 2.29. The fourth-order valence-electron chi connectivity index (χ4n) is 2.78. The molecule has 3 aromatic rings. The van der Waals surface area contributed by atoms with E-state index in [1.54, 1.807) is 11.8 Å². The monoisotopic (exact) mass is 349 g/mol. The molecule has 0 amide bonds. The van der Waals surface area contributed by atoms with Crippen LogP contribution in [0.2, 0.25) is 0 Å². The second kappa shape index (κ2) is 7.11. The van der Waals surface area contributed by atoms with Crippen molar-refractivity contribution in [3.05, 3.63) is 72.3 Å². The number of benzene rings is 3. The Hall–Kier alpha value is -2.59. The van der Waals surface area contributed by atoms with Crippen molar-refractivity contribution in [1.29, 1.82) is 0 Å². The van der Waals surface area contributed by atoms with Crippen molar-refractivity contribution < 1.29 is 9.47 Å². The number of nitrogens with one attached hydrogen (secondary N) is 1. The molecule has 0 atom stereocenters. The van der Waals surface area contributed by atoms with Crippen LogP contribution in [0.3, 0.4) is 0 Å². The standard InChI is InChI=1S/C21H19NO2S/c1-2-23-17-8-4-3-7-15(17)14-22-16-11-12-21-19(13-16)24-18-9-5-6-10-20(18)25-21/h3-13,22H,2,14H2,1H3. The number of fused-ring (bicyclic) bond motifs is 2. The minimum atomic E-state index is 0.667. The molecule has 4 rings (SSSR count). The summed E-state index contributed by atoms with van der Waals surface area (Å²) in [6, 6.07) is 22.5. The van der Waals surface area contributed by atoms with Gasteiger partial charge in [-0.2, -0.15) is 0 Å². The quantitative estimate of drug-likeness (QED) is 0.482. The molecule has 3 nitrogen and oxygen atoms in total. The number of hydrogen-bond donors (Lipinski definition) is 1. The second-order valence-corrected chi connectivity index (χ2v) is 6.79. The summed E-state index contributed by atoms with van der Waals surface area (Å²) in [6.45, 7) is 3.37. The molecule has 0 saturated carbocycles. The minimum Gasteiger partial charge on any atom is -0.494 e. The molecule has 25 heavy (non-hydrogen) atoms. The second-order valence-electron chi connectivity index (χ2n) is 5.71. The molecule has 1 aliphatic heterocycles. The highest BCUT2D eigenvalue weighted by Gasteiger charge is 2.17. The van der Waals surface area contributed by atoms with Gasteiger partial charge < -0.3 is 14.8 Å². The normalized spacial score (nSPS) is 11.9. The average molecular weight is 349 g/mol. The van der Waals surface area contributed by atoms with E-state index in [0.717, 1.165) is 38.3 Å². The molecule has 126 valence electrons. The fourth-order valence-corrected chi connectivity index (χ4v) is 3.71. The lowest BCUT2D eigenvalue weighted by atomic mass is 10.2.